The summed E-state index contributed by atoms with van der Waals surface area (Å²) in [6, 6.07) is 2.33. The first-order valence-electron chi connectivity index (χ1n) is 7.96. The number of likely N-dealkylation sites (tertiary alicyclic amines) is 1. The van der Waals surface area contributed by atoms with E-state index in [4.69, 9.17) is 5.73 Å². The second-order valence-corrected chi connectivity index (χ2v) is 6.92. The molecule has 0 radical (unpaired) electrons. The molecule has 3 aliphatic rings. The van der Waals surface area contributed by atoms with Crippen molar-refractivity contribution in [3.05, 3.63) is 0 Å². The van der Waals surface area contributed by atoms with Gasteiger partial charge in [-0.15, -0.1) is 0 Å². The van der Waals surface area contributed by atoms with Crippen LogP contribution in [0.2, 0.25) is 0 Å². The van der Waals surface area contributed by atoms with E-state index in [2.05, 4.69) is 17.1 Å². The summed E-state index contributed by atoms with van der Waals surface area (Å²) in [4.78, 5) is 2.71. The smallest absolute Gasteiger partial charge is 0.0449 e. The molecule has 0 amide bonds. The molecule has 2 unspecified atom stereocenters. The number of hydrogen-bond donors (Lipinski definition) is 2. The van der Waals surface area contributed by atoms with Gasteiger partial charge in [-0.25, -0.2) is 0 Å². The van der Waals surface area contributed by atoms with Crippen molar-refractivity contribution >= 4 is 0 Å². The molecule has 3 fully saturated rings. The highest BCUT2D eigenvalue weighted by Gasteiger charge is 2.46. The van der Waals surface area contributed by atoms with Crippen LogP contribution in [0.15, 0.2) is 0 Å². The van der Waals surface area contributed by atoms with Gasteiger partial charge < -0.3 is 11.1 Å². The number of nitrogens with one attached hydrogen (secondary N) is 1. The maximum Gasteiger partial charge on any atom is 0.0449 e. The second kappa shape index (κ2) is 5.10. The Kier molecular flexibility index (Phi) is 3.65. The van der Waals surface area contributed by atoms with Crippen molar-refractivity contribution in [1.29, 1.82) is 0 Å². The van der Waals surface area contributed by atoms with E-state index in [-0.39, 0.29) is 5.54 Å². The fourth-order valence-corrected chi connectivity index (χ4v) is 4.14. The molecule has 2 saturated carbocycles. The van der Waals surface area contributed by atoms with E-state index in [0.29, 0.717) is 0 Å². The quantitative estimate of drug-likeness (QED) is 0.801. The molecule has 3 heteroatoms. The zero-order valence-corrected chi connectivity index (χ0v) is 11.8. The summed E-state index contributed by atoms with van der Waals surface area (Å²) < 4.78 is 0. The first-order chi connectivity index (χ1) is 8.72. The van der Waals surface area contributed by atoms with Gasteiger partial charge in [0.15, 0.2) is 0 Å². The Morgan fingerprint density at radius 1 is 1.17 bits per heavy atom. The summed E-state index contributed by atoms with van der Waals surface area (Å²) >= 11 is 0. The molecule has 0 bridgehead atoms. The van der Waals surface area contributed by atoms with E-state index >= 15 is 0 Å². The van der Waals surface area contributed by atoms with Crippen LogP contribution in [0, 0.1) is 0 Å². The van der Waals surface area contributed by atoms with Crippen molar-refractivity contribution in [3.63, 3.8) is 0 Å². The molecule has 1 aliphatic heterocycles. The van der Waals surface area contributed by atoms with Gasteiger partial charge in [0, 0.05) is 36.8 Å². The predicted molar refractivity (Wildman–Crippen MR) is 75.6 cm³/mol. The molecule has 18 heavy (non-hydrogen) atoms. The standard InChI is InChI=1S/C15H29N3/c1-12-9-15(10-16,11-18(12)14-7-8-14)17-13-5-3-2-4-6-13/h12-14,17H,2-11,16H2,1H3. The molecule has 1 saturated heterocycles. The minimum atomic E-state index is 0.212. The van der Waals surface area contributed by atoms with Gasteiger partial charge in [-0.2, -0.15) is 0 Å². The van der Waals surface area contributed by atoms with Gasteiger partial charge in [-0.05, 0) is 39.0 Å². The number of nitrogens with zero attached hydrogens (tertiary/aromatic N) is 1. The Balaban J connectivity index is 1.62. The van der Waals surface area contributed by atoms with Crippen LogP contribution < -0.4 is 11.1 Å². The zero-order chi connectivity index (χ0) is 12.6. The van der Waals surface area contributed by atoms with Crippen LogP contribution in [0.5, 0.6) is 0 Å². The van der Waals surface area contributed by atoms with E-state index in [1.807, 2.05) is 0 Å². The maximum absolute atomic E-state index is 6.14. The van der Waals surface area contributed by atoms with Crippen LogP contribution in [-0.2, 0) is 0 Å². The van der Waals surface area contributed by atoms with Crippen LogP contribution in [0.3, 0.4) is 0 Å². The lowest BCUT2D eigenvalue weighted by atomic mass is 9.90. The fourth-order valence-electron chi connectivity index (χ4n) is 4.14. The van der Waals surface area contributed by atoms with E-state index in [1.165, 1.54) is 57.9 Å². The van der Waals surface area contributed by atoms with Gasteiger partial charge in [0.2, 0.25) is 0 Å². The molecule has 0 aromatic rings. The van der Waals surface area contributed by atoms with Crippen LogP contribution in [0.1, 0.15) is 58.3 Å². The van der Waals surface area contributed by atoms with Crippen molar-refractivity contribution < 1.29 is 0 Å². The Labute approximate surface area is 111 Å². The lowest BCUT2D eigenvalue weighted by Crippen LogP contribution is -2.57. The zero-order valence-electron chi connectivity index (χ0n) is 11.8. The van der Waals surface area contributed by atoms with Crippen LogP contribution >= 0.6 is 0 Å². The van der Waals surface area contributed by atoms with Gasteiger partial charge in [-0.1, -0.05) is 19.3 Å². The fraction of sp³-hybridized carbons (Fsp3) is 1.00. The Bertz CT molecular complexity index is 283. The SMILES string of the molecule is CC1CC(CN)(NC2CCCCC2)CN1C1CC1. The molecule has 2 atom stereocenters. The summed E-state index contributed by atoms with van der Waals surface area (Å²) in [5.74, 6) is 0. The lowest BCUT2D eigenvalue weighted by Gasteiger charge is -2.36. The third-order valence-corrected chi connectivity index (χ3v) is 5.26. The monoisotopic (exact) mass is 251 g/mol. The number of rotatable bonds is 4. The van der Waals surface area contributed by atoms with Crippen LogP contribution in [-0.4, -0.2) is 41.7 Å². The molecule has 104 valence electrons. The second-order valence-electron chi connectivity index (χ2n) is 6.92. The minimum Gasteiger partial charge on any atom is -0.329 e. The summed E-state index contributed by atoms with van der Waals surface area (Å²) in [6.45, 7) is 4.38. The molecule has 0 aromatic carbocycles. The molecule has 3 N–H and O–H groups in total. The van der Waals surface area contributed by atoms with Crippen molar-refractivity contribution in [2.75, 3.05) is 13.1 Å². The highest BCUT2D eigenvalue weighted by Crippen LogP contribution is 2.37. The minimum absolute atomic E-state index is 0.212. The molecule has 0 aromatic heterocycles. The largest absolute Gasteiger partial charge is 0.329 e. The Morgan fingerprint density at radius 2 is 1.89 bits per heavy atom. The summed E-state index contributed by atoms with van der Waals surface area (Å²) in [7, 11) is 0. The molecule has 3 rings (SSSR count). The predicted octanol–water partition coefficient (Wildman–Crippen LogP) is 1.86. The van der Waals surface area contributed by atoms with E-state index < -0.39 is 0 Å². The summed E-state index contributed by atoms with van der Waals surface area (Å²) in [5.41, 5.74) is 6.35. The highest BCUT2D eigenvalue weighted by atomic mass is 15.3. The van der Waals surface area contributed by atoms with E-state index in [0.717, 1.165) is 24.7 Å². The third-order valence-electron chi connectivity index (χ3n) is 5.26. The molecular formula is C15H29N3. The van der Waals surface area contributed by atoms with Crippen molar-refractivity contribution in [1.82, 2.24) is 10.2 Å². The normalized spacial score (nSPS) is 39.3. The van der Waals surface area contributed by atoms with Gasteiger partial charge >= 0.3 is 0 Å². The van der Waals surface area contributed by atoms with Crippen LogP contribution in [0.25, 0.3) is 0 Å². The van der Waals surface area contributed by atoms with Crippen molar-refractivity contribution in [2.45, 2.75) is 82.0 Å². The maximum atomic E-state index is 6.14. The lowest BCUT2D eigenvalue weighted by molar-refractivity contribution is 0.223. The molecule has 1 heterocycles. The molecule has 0 spiro atoms. The van der Waals surface area contributed by atoms with Crippen molar-refractivity contribution in [3.8, 4) is 0 Å². The Hall–Kier alpha value is -0.120. The summed E-state index contributed by atoms with van der Waals surface area (Å²) in [5, 5.41) is 3.96. The Morgan fingerprint density at radius 3 is 2.50 bits per heavy atom. The van der Waals surface area contributed by atoms with Gasteiger partial charge in [0.25, 0.3) is 0 Å². The summed E-state index contributed by atoms with van der Waals surface area (Å²) in [6.07, 6.45) is 11.0. The van der Waals surface area contributed by atoms with E-state index in [1.54, 1.807) is 0 Å². The van der Waals surface area contributed by atoms with Crippen molar-refractivity contribution in [2.24, 2.45) is 5.73 Å². The van der Waals surface area contributed by atoms with Gasteiger partial charge in [-0.3, -0.25) is 4.90 Å². The number of hydrogen-bond acceptors (Lipinski definition) is 3. The third kappa shape index (κ3) is 2.59. The number of nitrogens with two attached hydrogens (primary N) is 1. The van der Waals surface area contributed by atoms with Gasteiger partial charge in [0.05, 0.1) is 0 Å². The average Bonchev–Trinajstić information content (AvgIpc) is 3.17. The molecular weight excluding hydrogens is 222 g/mol. The first-order valence-corrected chi connectivity index (χ1v) is 7.96. The molecule has 2 aliphatic carbocycles. The topological polar surface area (TPSA) is 41.3 Å². The first kappa shape index (κ1) is 12.9. The van der Waals surface area contributed by atoms with Gasteiger partial charge in [0.1, 0.15) is 0 Å². The highest BCUT2D eigenvalue weighted by molar-refractivity contribution is 5.06. The average molecular weight is 251 g/mol. The van der Waals surface area contributed by atoms with E-state index in [9.17, 15) is 0 Å². The molecule has 3 nitrogen and oxygen atoms in total. The van der Waals surface area contributed by atoms with Crippen LogP contribution in [0.4, 0.5) is 0 Å².